The van der Waals surface area contributed by atoms with E-state index in [1.165, 1.54) is 12.8 Å². The lowest BCUT2D eigenvalue weighted by atomic mass is 10.0. The van der Waals surface area contributed by atoms with E-state index in [1.54, 1.807) is 0 Å². The topological polar surface area (TPSA) is 60.2 Å². The molecule has 2 fully saturated rings. The fraction of sp³-hybridized carbons (Fsp3) is 0.467. The molecule has 2 aliphatic rings. The number of aromatic nitrogens is 2. The highest BCUT2D eigenvalue weighted by Gasteiger charge is 2.58. The highest BCUT2D eigenvalue weighted by molar-refractivity contribution is 5.21. The van der Waals surface area contributed by atoms with Crippen molar-refractivity contribution in [3.63, 3.8) is 0 Å². The molecule has 104 valence electrons. The van der Waals surface area contributed by atoms with Gasteiger partial charge >= 0.3 is 0 Å². The van der Waals surface area contributed by atoms with Crippen molar-refractivity contribution in [2.24, 2.45) is 5.41 Å². The molecule has 2 unspecified atom stereocenters. The van der Waals surface area contributed by atoms with E-state index in [4.69, 9.17) is 9.26 Å². The van der Waals surface area contributed by atoms with E-state index in [0.29, 0.717) is 23.8 Å². The minimum Gasteiger partial charge on any atom is -0.485 e. The van der Waals surface area contributed by atoms with Gasteiger partial charge in [-0.3, -0.25) is 0 Å². The predicted octanol–water partition coefficient (Wildman–Crippen LogP) is 2.12. The third-order valence-corrected chi connectivity index (χ3v) is 4.36. The molecule has 0 bridgehead atoms. The smallest absolute Gasteiger partial charge is 0.230 e. The highest BCUT2D eigenvalue weighted by atomic mass is 16.5. The summed E-state index contributed by atoms with van der Waals surface area (Å²) < 4.78 is 11.0. The van der Waals surface area contributed by atoms with Gasteiger partial charge in [0, 0.05) is 12.5 Å². The molecule has 2 atom stereocenters. The Morgan fingerprint density at radius 3 is 3.05 bits per heavy atom. The Morgan fingerprint density at radius 2 is 2.25 bits per heavy atom. The van der Waals surface area contributed by atoms with Crippen LogP contribution >= 0.6 is 0 Å². The van der Waals surface area contributed by atoms with Crippen molar-refractivity contribution in [3.05, 3.63) is 42.0 Å². The van der Waals surface area contributed by atoms with Crippen molar-refractivity contribution >= 4 is 0 Å². The van der Waals surface area contributed by atoms with Crippen LogP contribution in [-0.2, 0) is 6.61 Å². The van der Waals surface area contributed by atoms with E-state index in [1.807, 2.05) is 30.3 Å². The molecular formula is C15H17N3O2. The molecule has 0 radical (unpaired) electrons. The predicted molar refractivity (Wildman–Crippen MR) is 72.3 cm³/mol. The molecule has 1 spiro atoms. The molecule has 1 N–H and O–H groups in total. The maximum Gasteiger partial charge on any atom is 0.230 e. The van der Waals surface area contributed by atoms with Gasteiger partial charge < -0.3 is 14.6 Å². The van der Waals surface area contributed by atoms with E-state index < -0.39 is 0 Å². The summed E-state index contributed by atoms with van der Waals surface area (Å²) in [5.74, 6) is 2.66. The molecular weight excluding hydrogens is 254 g/mol. The first-order chi connectivity index (χ1) is 9.86. The number of hydrogen-bond acceptors (Lipinski definition) is 5. The second kappa shape index (κ2) is 4.59. The quantitative estimate of drug-likeness (QED) is 0.923. The molecule has 20 heavy (non-hydrogen) atoms. The highest BCUT2D eigenvalue weighted by Crippen LogP contribution is 2.62. The molecule has 1 aliphatic carbocycles. The van der Waals surface area contributed by atoms with Crippen LogP contribution in [0.25, 0.3) is 0 Å². The van der Waals surface area contributed by atoms with Crippen LogP contribution in [0.2, 0.25) is 0 Å². The van der Waals surface area contributed by atoms with Crippen LogP contribution in [0.15, 0.2) is 34.9 Å². The van der Waals surface area contributed by atoms with Crippen molar-refractivity contribution in [2.45, 2.75) is 25.4 Å². The Labute approximate surface area is 117 Å². The van der Waals surface area contributed by atoms with E-state index in [2.05, 4.69) is 15.5 Å². The fourth-order valence-corrected chi connectivity index (χ4v) is 3.06. The summed E-state index contributed by atoms with van der Waals surface area (Å²) in [4.78, 5) is 4.48. The zero-order chi connectivity index (χ0) is 13.4. The number of hydrogen-bond donors (Lipinski definition) is 1. The summed E-state index contributed by atoms with van der Waals surface area (Å²) >= 11 is 0. The molecule has 0 amide bonds. The molecule has 1 saturated carbocycles. The summed E-state index contributed by atoms with van der Waals surface area (Å²) in [7, 11) is 0. The molecule has 1 aromatic carbocycles. The summed E-state index contributed by atoms with van der Waals surface area (Å²) in [5.41, 5.74) is 0.393. The number of rotatable bonds is 4. The van der Waals surface area contributed by atoms with Gasteiger partial charge in [-0.15, -0.1) is 0 Å². The van der Waals surface area contributed by atoms with Gasteiger partial charge in [-0.1, -0.05) is 23.4 Å². The summed E-state index contributed by atoms with van der Waals surface area (Å²) in [6, 6.07) is 9.68. The van der Waals surface area contributed by atoms with Gasteiger partial charge in [0.1, 0.15) is 5.75 Å². The summed E-state index contributed by atoms with van der Waals surface area (Å²) in [6.07, 6.45) is 2.39. The number of para-hydroxylation sites is 1. The average molecular weight is 271 g/mol. The van der Waals surface area contributed by atoms with Crippen molar-refractivity contribution in [1.29, 1.82) is 0 Å². The van der Waals surface area contributed by atoms with Crippen LogP contribution in [-0.4, -0.2) is 23.2 Å². The first-order valence-electron chi connectivity index (χ1n) is 7.07. The largest absolute Gasteiger partial charge is 0.485 e. The molecule has 5 heteroatoms. The normalized spacial score (nSPS) is 27.9. The van der Waals surface area contributed by atoms with Crippen LogP contribution in [0.5, 0.6) is 5.75 Å². The van der Waals surface area contributed by atoms with Gasteiger partial charge in [-0.05, 0) is 36.9 Å². The second-order valence-electron chi connectivity index (χ2n) is 5.70. The third-order valence-electron chi connectivity index (χ3n) is 4.36. The molecule has 1 aromatic heterocycles. The zero-order valence-corrected chi connectivity index (χ0v) is 11.2. The van der Waals surface area contributed by atoms with Gasteiger partial charge in [0.05, 0.1) is 0 Å². The zero-order valence-electron chi connectivity index (χ0n) is 11.2. The van der Waals surface area contributed by atoms with Crippen LogP contribution in [0.1, 0.15) is 30.5 Å². The lowest BCUT2D eigenvalue weighted by molar-refractivity contribution is 0.284. The van der Waals surface area contributed by atoms with Gasteiger partial charge in [-0.25, -0.2) is 0 Å². The second-order valence-corrected chi connectivity index (χ2v) is 5.70. The first-order valence-corrected chi connectivity index (χ1v) is 7.07. The third kappa shape index (κ3) is 2.08. The van der Waals surface area contributed by atoms with E-state index in [9.17, 15) is 0 Å². The maximum absolute atomic E-state index is 5.63. The number of benzene rings is 1. The Balaban J connectivity index is 1.39. The van der Waals surface area contributed by atoms with Crippen LogP contribution in [0.4, 0.5) is 0 Å². The SMILES string of the molecule is c1ccc(OCc2noc(C3CC34CCNC4)n2)cc1. The minimum absolute atomic E-state index is 0.353. The number of ether oxygens (including phenoxy) is 1. The Bertz CT molecular complexity index is 590. The molecule has 5 nitrogen and oxygen atoms in total. The van der Waals surface area contributed by atoms with Crippen molar-refractivity contribution in [3.8, 4) is 5.75 Å². The minimum atomic E-state index is 0.353. The van der Waals surface area contributed by atoms with Crippen LogP contribution < -0.4 is 10.1 Å². The van der Waals surface area contributed by atoms with Crippen molar-refractivity contribution in [2.75, 3.05) is 13.1 Å². The van der Waals surface area contributed by atoms with Crippen LogP contribution in [0.3, 0.4) is 0 Å². The Kier molecular flexibility index (Phi) is 2.73. The van der Waals surface area contributed by atoms with E-state index >= 15 is 0 Å². The number of nitrogens with zero attached hydrogens (tertiary/aromatic N) is 2. The summed E-state index contributed by atoms with van der Waals surface area (Å²) in [5, 5.41) is 7.43. The maximum atomic E-state index is 5.63. The Hall–Kier alpha value is -1.88. The van der Waals surface area contributed by atoms with E-state index in [0.717, 1.165) is 24.7 Å². The first kappa shape index (κ1) is 11.9. The van der Waals surface area contributed by atoms with Crippen LogP contribution in [0, 0.1) is 5.41 Å². The Morgan fingerprint density at radius 1 is 1.35 bits per heavy atom. The summed E-state index contributed by atoms with van der Waals surface area (Å²) in [6.45, 7) is 2.54. The van der Waals surface area contributed by atoms with Crippen molar-refractivity contribution in [1.82, 2.24) is 15.5 Å². The number of nitrogens with one attached hydrogen (secondary N) is 1. The average Bonchev–Trinajstić information content (AvgIpc) is 2.83. The standard InChI is InChI=1S/C15H17N3O2/c1-2-4-11(5-3-1)19-9-13-17-14(20-18-13)12-8-15(12)6-7-16-10-15/h1-5,12,16H,6-10H2. The van der Waals surface area contributed by atoms with Gasteiger partial charge in [0.2, 0.25) is 11.7 Å². The van der Waals surface area contributed by atoms with Gasteiger partial charge in [0.25, 0.3) is 0 Å². The van der Waals surface area contributed by atoms with Gasteiger partial charge in [0.15, 0.2) is 6.61 Å². The van der Waals surface area contributed by atoms with Gasteiger partial charge in [-0.2, -0.15) is 4.98 Å². The fourth-order valence-electron chi connectivity index (χ4n) is 3.06. The molecule has 1 aliphatic heterocycles. The molecule has 2 heterocycles. The molecule has 4 rings (SSSR count). The van der Waals surface area contributed by atoms with Crippen molar-refractivity contribution < 1.29 is 9.26 Å². The lowest BCUT2D eigenvalue weighted by Crippen LogP contribution is -2.10. The molecule has 1 saturated heterocycles. The van der Waals surface area contributed by atoms with E-state index in [-0.39, 0.29) is 0 Å². The molecule has 2 aromatic rings. The monoisotopic (exact) mass is 271 g/mol. The lowest BCUT2D eigenvalue weighted by Gasteiger charge is -2.02.